The van der Waals surface area contributed by atoms with Crippen LogP contribution in [-0.4, -0.2) is 19.9 Å². The van der Waals surface area contributed by atoms with E-state index in [1.54, 1.807) is 0 Å². The maximum Gasteiger partial charge on any atom is 0.0551 e. The van der Waals surface area contributed by atoms with E-state index in [-0.39, 0.29) is 0 Å². The van der Waals surface area contributed by atoms with Gasteiger partial charge in [0.05, 0.1) is 11.0 Å². The smallest absolute Gasteiger partial charge is 0.0551 e. The molecule has 30 aromatic carbocycles. The fourth-order valence-corrected chi connectivity index (χ4v) is 26.3. The van der Waals surface area contributed by atoms with Crippen molar-refractivity contribution in [1.29, 1.82) is 0 Å². The SMILES string of the molecule is c1cc2ccc3ccc(-c4ccc5ccc6c(-c7ccc(-c8ccc9ccc%10c(-c%11cc%12c%13cc%14ccc%15c(-c%16ccc%17ccc%18c(-c%19ccc(-c%20ccc%21ccc%22c(-c%23cc%24c%25cc%26ccc%27cccc%28ccc(c%25c%24[nH]%23)c%26c%27%28)ccc%23ccc%20c%21c%23%22)[nH]%19)ccc%19ccc%16c%17c%19%18)ccc%16ccc(c%13c%12[nH]%11)c%14c%16%15)ccc%11ccc8c9c%11%10)[nH]7)ccc7ccc4c5c76)c4ccc(c1)c2c34. The number of aromatic amines is 4. The number of hydrogen-bond donors (Lipinski definition) is 4. The molecule has 0 spiro atoms. The minimum absolute atomic E-state index is 1.10. The van der Waals surface area contributed by atoms with Crippen molar-refractivity contribution in [3.8, 4) is 89.8 Å². The molecule has 0 aliphatic carbocycles. The number of fused-ring (bicyclic) bond motifs is 10. The third-order valence-corrected chi connectivity index (χ3v) is 32.0. The molecule has 598 valence electrons. The van der Waals surface area contributed by atoms with E-state index in [0.29, 0.717) is 0 Å². The molecule has 0 saturated carbocycles. The topological polar surface area (TPSA) is 63.2 Å². The number of benzene rings is 28. The Kier molecular flexibility index (Phi) is 12.2. The minimum Gasteiger partial charge on any atom is -0.355 e. The zero-order valence-corrected chi connectivity index (χ0v) is 70.8. The summed E-state index contributed by atoms with van der Waals surface area (Å²) in [6.07, 6.45) is 0. The molecule has 34 rings (SSSR count). The van der Waals surface area contributed by atoms with Crippen LogP contribution in [0, 0.1) is 0 Å². The zero-order chi connectivity index (χ0) is 84.8. The van der Waals surface area contributed by atoms with Crippen LogP contribution in [0.25, 0.3) is 359 Å². The molecule has 4 nitrogen and oxygen atoms in total. The molecule has 0 unspecified atom stereocenters. The van der Waals surface area contributed by atoms with E-state index in [0.717, 1.165) is 34.2 Å². The van der Waals surface area contributed by atoms with Gasteiger partial charge in [-0.1, -0.05) is 328 Å². The molecule has 0 saturated heterocycles. The van der Waals surface area contributed by atoms with Gasteiger partial charge in [-0.2, -0.15) is 0 Å². The average molecular weight is 1660 g/mol. The number of H-pyrrole nitrogens is 4. The zero-order valence-electron chi connectivity index (χ0n) is 70.8. The van der Waals surface area contributed by atoms with Crippen LogP contribution in [0.4, 0.5) is 0 Å². The van der Waals surface area contributed by atoms with Gasteiger partial charge in [0, 0.05) is 89.1 Å². The molecule has 34 aromatic rings. The average Bonchev–Trinajstić information content (AvgIpc) is 1.43. The summed E-state index contributed by atoms with van der Waals surface area (Å²) in [6, 6.07) is 145. The maximum absolute atomic E-state index is 4.09. The van der Waals surface area contributed by atoms with Gasteiger partial charge in [-0.3, -0.25) is 0 Å². The van der Waals surface area contributed by atoms with Crippen molar-refractivity contribution in [3.05, 3.63) is 376 Å². The van der Waals surface area contributed by atoms with Gasteiger partial charge in [0.15, 0.2) is 0 Å². The van der Waals surface area contributed by atoms with Gasteiger partial charge >= 0.3 is 0 Å². The van der Waals surface area contributed by atoms with Gasteiger partial charge < -0.3 is 19.9 Å². The molecule has 4 N–H and O–H groups in total. The Bertz CT molecular complexity index is 11100. The Morgan fingerprint density at radius 1 is 0.0985 bits per heavy atom. The molecule has 0 fully saturated rings. The second-order valence-electron chi connectivity index (χ2n) is 38.1. The van der Waals surface area contributed by atoms with E-state index in [2.05, 4.69) is 396 Å². The summed E-state index contributed by atoms with van der Waals surface area (Å²) in [4.78, 5) is 16.1. The van der Waals surface area contributed by atoms with Gasteiger partial charge in [-0.25, -0.2) is 0 Å². The third kappa shape index (κ3) is 8.39. The number of aromatic nitrogens is 4. The van der Waals surface area contributed by atoms with E-state index in [9.17, 15) is 0 Å². The molecule has 4 heterocycles. The molecule has 0 aliphatic heterocycles. The number of hydrogen-bond acceptors (Lipinski definition) is 0. The van der Waals surface area contributed by atoms with Crippen molar-refractivity contribution in [2.45, 2.75) is 0 Å². The molecular weight excluding hydrogens is 1590 g/mol. The third-order valence-electron chi connectivity index (χ3n) is 32.0. The summed E-state index contributed by atoms with van der Waals surface area (Å²) in [6.45, 7) is 0. The molecule has 0 aliphatic rings. The summed E-state index contributed by atoms with van der Waals surface area (Å²) in [7, 11) is 0. The summed E-state index contributed by atoms with van der Waals surface area (Å²) in [5, 5.41) is 61.9. The van der Waals surface area contributed by atoms with Gasteiger partial charge in [0.25, 0.3) is 0 Å². The highest BCUT2D eigenvalue weighted by molar-refractivity contribution is 6.43. The van der Waals surface area contributed by atoms with Crippen molar-refractivity contribution in [1.82, 2.24) is 19.9 Å². The van der Waals surface area contributed by atoms with Crippen LogP contribution in [0.3, 0.4) is 0 Å². The summed E-state index contributed by atoms with van der Waals surface area (Å²) >= 11 is 0. The number of rotatable bonds is 8. The molecule has 0 amide bonds. The van der Waals surface area contributed by atoms with Crippen molar-refractivity contribution in [3.63, 3.8) is 0 Å². The van der Waals surface area contributed by atoms with E-state index < -0.39 is 0 Å². The molecule has 132 heavy (non-hydrogen) atoms. The Morgan fingerprint density at radius 3 is 0.553 bits per heavy atom. The normalized spacial score (nSPS) is 13.0. The van der Waals surface area contributed by atoms with Gasteiger partial charge in [-0.05, 0) is 308 Å². The Morgan fingerprint density at radius 2 is 0.280 bits per heavy atom. The lowest BCUT2D eigenvalue weighted by Gasteiger charge is -2.19. The first-order chi connectivity index (χ1) is 65.4. The number of nitrogens with one attached hydrogen (secondary N) is 4. The second kappa shape index (κ2) is 23.7. The Labute approximate surface area is 750 Å². The largest absolute Gasteiger partial charge is 0.355 e. The van der Waals surface area contributed by atoms with Gasteiger partial charge in [-0.15, -0.1) is 0 Å². The first-order valence-electron chi connectivity index (χ1n) is 46.2. The maximum atomic E-state index is 4.09. The van der Waals surface area contributed by atoms with E-state index in [1.165, 1.54) is 325 Å². The Hall–Kier alpha value is -17.4. The highest BCUT2D eigenvalue weighted by atomic mass is 14.8. The van der Waals surface area contributed by atoms with Crippen LogP contribution in [0.1, 0.15) is 0 Å². The lowest BCUT2D eigenvalue weighted by atomic mass is 9.84. The fourth-order valence-electron chi connectivity index (χ4n) is 26.3. The quantitative estimate of drug-likeness (QED) is 0.110. The van der Waals surface area contributed by atoms with Crippen molar-refractivity contribution in [2.75, 3.05) is 0 Å². The molecule has 0 bridgehead atoms. The van der Waals surface area contributed by atoms with Crippen LogP contribution >= 0.6 is 0 Å². The highest BCUT2D eigenvalue weighted by Gasteiger charge is 2.29. The van der Waals surface area contributed by atoms with Crippen LogP contribution in [0.15, 0.2) is 376 Å². The van der Waals surface area contributed by atoms with E-state index in [1.807, 2.05) is 0 Å². The predicted octanol–water partition coefficient (Wildman–Crippen LogP) is 36.1. The van der Waals surface area contributed by atoms with E-state index in [4.69, 9.17) is 0 Å². The van der Waals surface area contributed by atoms with Crippen LogP contribution < -0.4 is 0 Å². The monoisotopic (exact) mass is 1660 g/mol. The molecular formula is C128H66N4. The molecule has 0 radical (unpaired) electrons. The minimum atomic E-state index is 1.10. The molecule has 4 aromatic heterocycles. The lowest BCUT2D eigenvalue weighted by Crippen LogP contribution is -1.92. The van der Waals surface area contributed by atoms with Crippen LogP contribution in [-0.2, 0) is 0 Å². The second-order valence-corrected chi connectivity index (χ2v) is 38.1. The van der Waals surface area contributed by atoms with Crippen molar-refractivity contribution in [2.24, 2.45) is 0 Å². The lowest BCUT2D eigenvalue weighted by molar-refractivity contribution is 1.41. The van der Waals surface area contributed by atoms with Crippen LogP contribution in [0.5, 0.6) is 0 Å². The standard InChI is InChI=1S/C128H66N4/c1-3-63-7-8-67-11-33-79(89-43-21-65(5-1)111(63)113(67)89)80-34-12-68-24-46-93-83(37-15-71-22-44-90(80)114(68)117(71)93)105-55-57-107(129-105)86-40-18-74-29-51-98-88(42-20-76-27-49-96(86)120(74)122(76)98)110-62-104-102-60-78-32-52-92-82(36-14-70-31-54-100(124(78)116(70)92)126(102)128(104)132-110)81-35-13-69-25-47-94-84(38-16-72-23-45-91(81)115(69)118(72)94)106-56-58-108(130-106)85-39-17-73-28-50-97-87(41-19-75-26-48-95(85)119(73)121(75)97)109-61-103-101-59-77-10-9-64-4-2-6-66-30-53-99(123(77)112(64)66)125(101)127(103)131-109/h1-62,129-132H. The van der Waals surface area contributed by atoms with Crippen molar-refractivity contribution < 1.29 is 0 Å². The predicted molar refractivity (Wildman–Crippen MR) is 566 cm³/mol. The highest BCUT2D eigenvalue weighted by Crippen LogP contribution is 2.56. The fraction of sp³-hybridized carbons (Fsp3) is 0. The first kappa shape index (κ1) is 67.8. The Balaban J connectivity index is 0.447. The molecule has 0 atom stereocenters. The van der Waals surface area contributed by atoms with Gasteiger partial charge in [0.2, 0.25) is 0 Å². The van der Waals surface area contributed by atoms with Crippen molar-refractivity contribution >= 4 is 270 Å². The molecule has 4 heteroatoms. The van der Waals surface area contributed by atoms with Gasteiger partial charge in [0.1, 0.15) is 0 Å². The summed E-state index contributed by atoms with van der Waals surface area (Å²) in [5.74, 6) is 0. The first-order valence-corrected chi connectivity index (χ1v) is 46.2. The van der Waals surface area contributed by atoms with Crippen LogP contribution in [0.2, 0.25) is 0 Å². The van der Waals surface area contributed by atoms with E-state index >= 15 is 0 Å². The summed E-state index contributed by atoms with van der Waals surface area (Å²) < 4.78 is 0. The summed E-state index contributed by atoms with van der Waals surface area (Å²) in [5.41, 5.74) is 21.4.